The van der Waals surface area contributed by atoms with Gasteiger partial charge in [-0.05, 0) is 18.9 Å². The molecule has 5 nitrogen and oxygen atoms in total. The van der Waals surface area contributed by atoms with E-state index in [1.54, 1.807) is 12.1 Å². The van der Waals surface area contributed by atoms with Gasteiger partial charge in [0.2, 0.25) is 0 Å². The molecular formula is C13H20FN3O2. The van der Waals surface area contributed by atoms with E-state index < -0.39 is 5.82 Å². The summed E-state index contributed by atoms with van der Waals surface area (Å²) in [5, 5.41) is 23.4. The predicted molar refractivity (Wildman–Crippen MR) is 71.5 cm³/mol. The van der Waals surface area contributed by atoms with Crippen molar-refractivity contribution < 1.29 is 14.7 Å². The number of nitrogens with two attached hydrogens (primary N) is 1. The molecule has 0 aromatic heterocycles. The highest BCUT2D eigenvalue weighted by molar-refractivity contribution is 5.97. The highest BCUT2D eigenvalue weighted by atomic mass is 19.1. The minimum Gasteiger partial charge on any atom is -0.409 e. The van der Waals surface area contributed by atoms with E-state index in [4.69, 9.17) is 16.0 Å². The molecular weight excluding hydrogens is 249 g/mol. The van der Waals surface area contributed by atoms with Gasteiger partial charge in [0.1, 0.15) is 5.82 Å². The highest BCUT2D eigenvalue weighted by Gasteiger charge is 2.09. The van der Waals surface area contributed by atoms with Crippen LogP contribution in [0.5, 0.6) is 0 Å². The molecule has 1 atom stereocenters. The molecule has 5 N–H and O–H groups in total. The van der Waals surface area contributed by atoms with E-state index in [0.717, 1.165) is 6.42 Å². The molecule has 1 aromatic carbocycles. The fraction of sp³-hybridized carbons (Fsp3) is 0.462. The maximum absolute atomic E-state index is 13.8. The number of halogens is 1. The van der Waals surface area contributed by atoms with Crippen molar-refractivity contribution in [3.05, 3.63) is 35.1 Å². The SMILES string of the molecule is CCC(CCO)NCc1ccc(/C(N)=N/O)cc1F. The van der Waals surface area contributed by atoms with Crippen LogP contribution in [0.4, 0.5) is 4.39 Å². The summed E-state index contributed by atoms with van der Waals surface area (Å²) < 4.78 is 13.8. The minimum atomic E-state index is -0.407. The number of aliphatic hydroxyl groups is 1. The Morgan fingerprint density at radius 1 is 1.53 bits per heavy atom. The molecule has 1 rings (SSSR count). The summed E-state index contributed by atoms with van der Waals surface area (Å²) in [5.41, 5.74) is 6.23. The first-order valence-corrected chi connectivity index (χ1v) is 6.22. The van der Waals surface area contributed by atoms with Crippen molar-refractivity contribution in [2.24, 2.45) is 10.9 Å². The molecule has 0 aliphatic rings. The van der Waals surface area contributed by atoms with Gasteiger partial charge in [0.15, 0.2) is 5.84 Å². The Morgan fingerprint density at radius 3 is 2.79 bits per heavy atom. The minimum absolute atomic E-state index is 0.108. The Kier molecular flexibility index (Phi) is 6.24. The molecule has 0 bridgehead atoms. The van der Waals surface area contributed by atoms with Crippen molar-refractivity contribution >= 4 is 5.84 Å². The Morgan fingerprint density at radius 2 is 2.26 bits per heavy atom. The normalized spacial score (nSPS) is 13.5. The summed E-state index contributed by atoms with van der Waals surface area (Å²) in [7, 11) is 0. The van der Waals surface area contributed by atoms with E-state index in [-0.39, 0.29) is 18.5 Å². The molecule has 0 radical (unpaired) electrons. The van der Waals surface area contributed by atoms with Crippen molar-refractivity contribution in [1.82, 2.24) is 5.32 Å². The fourth-order valence-corrected chi connectivity index (χ4v) is 1.77. The summed E-state index contributed by atoms with van der Waals surface area (Å²) >= 11 is 0. The lowest BCUT2D eigenvalue weighted by Gasteiger charge is -2.16. The van der Waals surface area contributed by atoms with E-state index in [9.17, 15) is 4.39 Å². The third-order valence-electron chi connectivity index (χ3n) is 3.01. The molecule has 106 valence electrons. The molecule has 6 heteroatoms. The average molecular weight is 269 g/mol. The monoisotopic (exact) mass is 269 g/mol. The second-order valence-electron chi connectivity index (χ2n) is 4.29. The number of nitrogens with one attached hydrogen (secondary N) is 1. The largest absolute Gasteiger partial charge is 0.409 e. The Hall–Kier alpha value is -1.66. The number of benzene rings is 1. The van der Waals surface area contributed by atoms with Gasteiger partial charge in [0, 0.05) is 30.3 Å². The van der Waals surface area contributed by atoms with Crippen LogP contribution < -0.4 is 11.1 Å². The van der Waals surface area contributed by atoms with Gasteiger partial charge in [-0.15, -0.1) is 0 Å². The zero-order valence-corrected chi connectivity index (χ0v) is 10.9. The van der Waals surface area contributed by atoms with Gasteiger partial charge in [-0.2, -0.15) is 0 Å². The van der Waals surface area contributed by atoms with Crippen LogP contribution in [0.3, 0.4) is 0 Å². The maximum Gasteiger partial charge on any atom is 0.170 e. The van der Waals surface area contributed by atoms with Crippen LogP contribution in [0.2, 0.25) is 0 Å². The van der Waals surface area contributed by atoms with Gasteiger partial charge < -0.3 is 21.4 Å². The standard InChI is InChI=1S/C13H20FN3O2/c1-2-11(5-6-18)16-8-10-4-3-9(7-12(10)14)13(15)17-19/h3-4,7,11,16,18-19H,2,5-6,8H2,1H3,(H2,15,17). The zero-order chi connectivity index (χ0) is 14.3. The van der Waals surface area contributed by atoms with E-state index in [0.29, 0.717) is 24.1 Å². The van der Waals surface area contributed by atoms with Gasteiger partial charge in [0.25, 0.3) is 0 Å². The molecule has 0 amide bonds. The third kappa shape index (κ3) is 4.50. The lowest BCUT2D eigenvalue weighted by Crippen LogP contribution is -2.29. The Labute approximate surface area is 111 Å². The van der Waals surface area contributed by atoms with Crippen LogP contribution in [0.25, 0.3) is 0 Å². The van der Waals surface area contributed by atoms with Gasteiger partial charge in [-0.25, -0.2) is 4.39 Å². The zero-order valence-electron chi connectivity index (χ0n) is 10.9. The first kappa shape index (κ1) is 15.4. The van der Waals surface area contributed by atoms with Crippen molar-refractivity contribution in [1.29, 1.82) is 0 Å². The second kappa shape index (κ2) is 7.70. The molecule has 1 aromatic rings. The second-order valence-corrected chi connectivity index (χ2v) is 4.29. The van der Waals surface area contributed by atoms with Crippen LogP contribution in [0, 0.1) is 5.82 Å². The number of hydrogen-bond acceptors (Lipinski definition) is 4. The highest BCUT2D eigenvalue weighted by Crippen LogP contribution is 2.11. The van der Waals surface area contributed by atoms with Crippen molar-refractivity contribution in [2.75, 3.05) is 6.61 Å². The van der Waals surface area contributed by atoms with Crippen LogP contribution in [-0.2, 0) is 6.54 Å². The lowest BCUT2D eigenvalue weighted by atomic mass is 10.1. The van der Waals surface area contributed by atoms with Crippen LogP contribution in [0.15, 0.2) is 23.4 Å². The van der Waals surface area contributed by atoms with Gasteiger partial charge in [0.05, 0.1) is 0 Å². The number of amidine groups is 1. The summed E-state index contributed by atoms with van der Waals surface area (Å²) in [4.78, 5) is 0. The molecule has 0 saturated heterocycles. The van der Waals surface area contributed by atoms with Crippen molar-refractivity contribution in [2.45, 2.75) is 32.4 Å². The number of nitrogens with zero attached hydrogens (tertiary/aromatic N) is 1. The van der Waals surface area contributed by atoms with Gasteiger partial charge in [-0.3, -0.25) is 0 Å². The molecule has 0 saturated carbocycles. The molecule has 0 spiro atoms. The number of hydrogen-bond donors (Lipinski definition) is 4. The summed E-state index contributed by atoms with van der Waals surface area (Å²) in [6.45, 7) is 2.49. The van der Waals surface area contributed by atoms with Gasteiger partial charge in [-0.1, -0.05) is 24.2 Å². The molecule has 1 unspecified atom stereocenters. The van der Waals surface area contributed by atoms with Crippen LogP contribution in [0.1, 0.15) is 30.9 Å². The first-order valence-electron chi connectivity index (χ1n) is 6.22. The molecule has 0 aliphatic carbocycles. The van der Waals surface area contributed by atoms with Crippen molar-refractivity contribution in [3.8, 4) is 0 Å². The maximum atomic E-state index is 13.8. The summed E-state index contributed by atoms with van der Waals surface area (Å²) in [5.74, 6) is -0.527. The smallest absolute Gasteiger partial charge is 0.170 e. The quantitative estimate of drug-likeness (QED) is 0.259. The fourth-order valence-electron chi connectivity index (χ4n) is 1.77. The molecule has 19 heavy (non-hydrogen) atoms. The van der Waals surface area contributed by atoms with Crippen molar-refractivity contribution in [3.63, 3.8) is 0 Å². The summed E-state index contributed by atoms with van der Waals surface area (Å²) in [6.07, 6.45) is 1.50. The summed E-state index contributed by atoms with van der Waals surface area (Å²) in [6, 6.07) is 4.59. The third-order valence-corrected chi connectivity index (χ3v) is 3.01. The van der Waals surface area contributed by atoms with Crippen LogP contribution >= 0.6 is 0 Å². The lowest BCUT2D eigenvalue weighted by molar-refractivity contribution is 0.261. The predicted octanol–water partition coefficient (Wildman–Crippen LogP) is 1.17. The van der Waals surface area contributed by atoms with Gasteiger partial charge >= 0.3 is 0 Å². The molecule has 0 aliphatic heterocycles. The Bertz CT molecular complexity index is 438. The molecule has 0 heterocycles. The number of oxime groups is 1. The Balaban J connectivity index is 2.70. The first-order chi connectivity index (χ1) is 9.12. The van der Waals surface area contributed by atoms with Crippen LogP contribution in [-0.4, -0.2) is 28.8 Å². The molecule has 0 fully saturated rings. The van der Waals surface area contributed by atoms with E-state index in [2.05, 4.69) is 10.5 Å². The van der Waals surface area contributed by atoms with E-state index in [1.807, 2.05) is 6.92 Å². The average Bonchev–Trinajstić information content (AvgIpc) is 2.43. The van der Waals surface area contributed by atoms with E-state index >= 15 is 0 Å². The number of aliphatic hydroxyl groups excluding tert-OH is 1. The number of rotatable bonds is 7. The topological polar surface area (TPSA) is 90.9 Å². The van der Waals surface area contributed by atoms with E-state index in [1.165, 1.54) is 6.07 Å².